The third kappa shape index (κ3) is 4.31. The van der Waals surface area contributed by atoms with Crippen molar-refractivity contribution in [2.24, 2.45) is 5.92 Å². The first-order valence-corrected chi connectivity index (χ1v) is 11.0. The summed E-state index contributed by atoms with van der Waals surface area (Å²) in [6, 6.07) is 1.14. The maximum Gasteiger partial charge on any atom is 0.323 e. The maximum atomic E-state index is 13.0. The van der Waals surface area contributed by atoms with E-state index < -0.39 is 0 Å². The second-order valence-corrected chi connectivity index (χ2v) is 8.80. The van der Waals surface area contributed by atoms with E-state index in [-0.39, 0.29) is 6.03 Å². The molecule has 1 aromatic rings. The molecule has 150 valence electrons. The van der Waals surface area contributed by atoms with E-state index in [4.69, 9.17) is 0 Å². The van der Waals surface area contributed by atoms with E-state index in [1.54, 1.807) is 0 Å². The molecule has 1 N–H and O–H groups in total. The molecule has 2 aliphatic carbocycles. The molecule has 6 nitrogen and oxygen atoms in total. The number of rotatable bonds is 4. The Morgan fingerprint density at radius 1 is 1.07 bits per heavy atom. The van der Waals surface area contributed by atoms with Crippen LogP contribution in [0.15, 0.2) is 6.20 Å². The van der Waals surface area contributed by atoms with Crippen molar-refractivity contribution in [2.75, 3.05) is 31.5 Å². The van der Waals surface area contributed by atoms with Crippen LogP contribution in [0.2, 0.25) is 0 Å². The molecule has 2 amide bonds. The number of carbonyl (C=O) groups excluding carboxylic acids is 1. The van der Waals surface area contributed by atoms with Crippen LogP contribution in [-0.4, -0.2) is 57.8 Å². The highest BCUT2D eigenvalue weighted by atomic mass is 16.2. The van der Waals surface area contributed by atoms with Crippen LogP contribution in [0.25, 0.3) is 0 Å². The molecule has 1 aliphatic heterocycles. The van der Waals surface area contributed by atoms with Gasteiger partial charge in [-0.2, -0.15) is 5.10 Å². The Kier molecular flexibility index (Phi) is 5.71. The van der Waals surface area contributed by atoms with Gasteiger partial charge in [-0.1, -0.05) is 19.3 Å². The number of urea groups is 1. The zero-order chi connectivity index (χ0) is 18.8. The Balaban J connectivity index is 1.36. The smallest absolute Gasteiger partial charge is 0.323 e. The van der Waals surface area contributed by atoms with E-state index >= 15 is 0 Å². The summed E-state index contributed by atoms with van der Waals surface area (Å²) in [5.74, 6) is 1.59. The van der Waals surface area contributed by atoms with Gasteiger partial charge in [0.15, 0.2) is 0 Å². The molecule has 1 atom stereocenters. The van der Waals surface area contributed by atoms with Crippen LogP contribution >= 0.6 is 0 Å². The number of carbonyl (C=O) groups is 1. The molecule has 2 saturated carbocycles. The summed E-state index contributed by atoms with van der Waals surface area (Å²) in [5.41, 5.74) is 1.05. The molecule has 3 aliphatic rings. The van der Waals surface area contributed by atoms with Gasteiger partial charge in [0.1, 0.15) is 5.82 Å². The van der Waals surface area contributed by atoms with Gasteiger partial charge in [0.2, 0.25) is 0 Å². The van der Waals surface area contributed by atoms with Crippen molar-refractivity contribution in [3.05, 3.63) is 11.8 Å². The monoisotopic (exact) mass is 373 g/mol. The fraction of sp³-hybridized carbons (Fsp3) is 0.810. The summed E-state index contributed by atoms with van der Waals surface area (Å²) in [4.78, 5) is 17.6. The molecule has 0 aromatic carbocycles. The molecule has 1 aromatic heterocycles. The summed E-state index contributed by atoms with van der Waals surface area (Å²) >= 11 is 0. The van der Waals surface area contributed by atoms with E-state index in [2.05, 4.69) is 22.2 Å². The normalized spacial score (nSPS) is 23.9. The minimum Gasteiger partial charge on any atom is -0.323 e. The molecule has 1 saturated heterocycles. The summed E-state index contributed by atoms with van der Waals surface area (Å²) in [6.07, 6.45) is 12.3. The lowest BCUT2D eigenvalue weighted by Gasteiger charge is -2.33. The number of hydrogen-bond donors (Lipinski definition) is 1. The van der Waals surface area contributed by atoms with Gasteiger partial charge in [0.25, 0.3) is 0 Å². The summed E-state index contributed by atoms with van der Waals surface area (Å²) < 4.78 is 2.02. The predicted octanol–water partition coefficient (Wildman–Crippen LogP) is 4.03. The minimum atomic E-state index is 0.0355. The van der Waals surface area contributed by atoms with E-state index in [0.717, 1.165) is 50.0 Å². The van der Waals surface area contributed by atoms with E-state index in [0.29, 0.717) is 12.0 Å². The zero-order valence-corrected chi connectivity index (χ0v) is 17.0. The van der Waals surface area contributed by atoms with Gasteiger partial charge in [0, 0.05) is 37.8 Å². The van der Waals surface area contributed by atoms with Crippen molar-refractivity contribution < 1.29 is 4.79 Å². The average molecular weight is 374 g/mol. The van der Waals surface area contributed by atoms with Crippen LogP contribution < -0.4 is 5.32 Å². The number of nitrogens with zero attached hydrogens (tertiary/aromatic N) is 4. The Hall–Kier alpha value is -1.56. The van der Waals surface area contributed by atoms with Crippen LogP contribution in [0.1, 0.15) is 69.9 Å². The second-order valence-electron chi connectivity index (χ2n) is 8.80. The topological polar surface area (TPSA) is 53.4 Å². The molecule has 6 heteroatoms. The number of aryl methyl sites for hydroxylation is 1. The van der Waals surface area contributed by atoms with Crippen molar-refractivity contribution in [3.8, 4) is 0 Å². The summed E-state index contributed by atoms with van der Waals surface area (Å²) in [7, 11) is 0. The highest BCUT2D eigenvalue weighted by Crippen LogP contribution is 2.40. The molecule has 0 spiro atoms. The SMILES string of the molecule is Cc1cnn([C@@H](C)C2CC2)c1NC(=O)N1CCCN(C2CCCCC2)CC1. The average Bonchev–Trinajstić information content (AvgIpc) is 3.50. The van der Waals surface area contributed by atoms with Gasteiger partial charge in [0.05, 0.1) is 12.2 Å². The highest BCUT2D eigenvalue weighted by Gasteiger charge is 2.32. The van der Waals surface area contributed by atoms with Crippen molar-refractivity contribution in [1.29, 1.82) is 0 Å². The van der Waals surface area contributed by atoms with Gasteiger partial charge >= 0.3 is 6.03 Å². The van der Waals surface area contributed by atoms with Crippen molar-refractivity contribution in [3.63, 3.8) is 0 Å². The van der Waals surface area contributed by atoms with Crippen LogP contribution in [0.3, 0.4) is 0 Å². The number of amides is 2. The van der Waals surface area contributed by atoms with Gasteiger partial charge < -0.3 is 4.90 Å². The molecule has 0 bridgehead atoms. The first-order valence-electron chi connectivity index (χ1n) is 11.0. The largest absolute Gasteiger partial charge is 0.323 e. The molecule has 3 fully saturated rings. The Labute approximate surface area is 163 Å². The zero-order valence-electron chi connectivity index (χ0n) is 17.0. The standard InChI is InChI=1S/C21H35N5O/c1-16-15-22-26(17(2)18-9-10-18)20(16)23-21(27)25-12-6-11-24(13-14-25)19-7-4-3-5-8-19/h15,17-19H,3-14H2,1-2H3,(H,23,27)/t17-/m0/s1. The van der Waals surface area contributed by atoms with Crippen LogP contribution in [-0.2, 0) is 0 Å². The summed E-state index contributed by atoms with van der Waals surface area (Å²) in [5, 5.41) is 7.73. The number of hydrogen-bond acceptors (Lipinski definition) is 3. The minimum absolute atomic E-state index is 0.0355. The third-order valence-electron chi connectivity index (χ3n) is 6.80. The molecule has 27 heavy (non-hydrogen) atoms. The van der Waals surface area contributed by atoms with E-state index in [1.165, 1.54) is 44.9 Å². The fourth-order valence-corrected chi connectivity index (χ4v) is 4.82. The number of nitrogens with one attached hydrogen (secondary N) is 1. The lowest BCUT2D eigenvalue weighted by molar-refractivity contribution is 0.160. The lowest BCUT2D eigenvalue weighted by atomic mass is 9.94. The molecular formula is C21H35N5O. The highest BCUT2D eigenvalue weighted by molar-refractivity contribution is 5.89. The number of aromatic nitrogens is 2. The first kappa shape index (κ1) is 18.8. The maximum absolute atomic E-state index is 13.0. The van der Waals surface area contributed by atoms with Gasteiger partial charge in [-0.25, -0.2) is 9.48 Å². The Morgan fingerprint density at radius 3 is 2.59 bits per heavy atom. The Morgan fingerprint density at radius 2 is 1.85 bits per heavy atom. The summed E-state index contributed by atoms with van der Waals surface area (Å²) in [6.45, 7) is 8.06. The molecule has 4 rings (SSSR count). The first-order chi connectivity index (χ1) is 13.1. The van der Waals surface area contributed by atoms with Crippen LogP contribution in [0.5, 0.6) is 0 Å². The fourth-order valence-electron chi connectivity index (χ4n) is 4.82. The van der Waals surface area contributed by atoms with E-state index in [9.17, 15) is 4.79 Å². The number of anilines is 1. The van der Waals surface area contributed by atoms with E-state index in [1.807, 2.05) is 22.7 Å². The second kappa shape index (κ2) is 8.21. The molecular weight excluding hydrogens is 338 g/mol. The van der Waals surface area contributed by atoms with Crippen molar-refractivity contribution >= 4 is 11.8 Å². The van der Waals surface area contributed by atoms with Crippen molar-refractivity contribution in [2.45, 2.75) is 77.3 Å². The third-order valence-corrected chi connectivity index (χ3v) is 6.80. The lowest BCUT2D eigenvalue weighted by Crippen LogP contribution is -2.41. The van der Waals surface area contributed by atoms with Gasteiger partial charge in [-0.3, -0.25) is 10.2 Å². The quantitative estimate of drug-likeness (QED) is 0.867. The molecule has 2 heterocycles. The Bertz CT molecular complexity index is 647. The molecule has 0 unspecified atom stereocenters. The van der Waals surface area contributed by atoms with Gasteiger partial charge in [-0.15, -0.1) is 0 Å². The van der Waals surface area contributed by atoms with Crippen LogP contribution in [0, 0.1) is 12.8 Å². The predicted molar refractivity (Wildman–Crippen MR) is 108 cm³/mol. The molecule has 0 radical (unpaired) electrons. The van der Waals surface area contributed by atoms with Crippen LogP contribution in [0.4, 0.5) is 10.6 Å². The van der Waals surface area contributed by atoms with Crippen molar-refractivity contribution in [1.82, 2.24) is 19.6 Å². The van der Waals surface area contributed by atoms with Gasteiger partial charge in [-0.05, 0) is 51.9 Å².